The maximum atomic E-state index is 13.3. The first kappa shape index (κ1) is 24.2. The Morgan fingerprint density at radius 3 is 2.06 bits per heavy atom. The van der Waals surface area contributed by atoms with Crippen molar-refractivity contribution in [2.24, 2.45) is 5.41 Å². The minimum atomic E-state index is -3.20. The molecule has 5 nitrogen and oxygen atoms in total. The zero-order valence-electron chi connectivity index (χ0n) is 17.4. The van der Waals surface area contributed by atoms with Gasteiger partial charge in [-0.3, -0.25) is 9.59 Å². The molecule has 164 valence electrons. The molecule has 0 radical (unpaired) electrons. The molecule has 2 rings (SSSR count). The number of alkyl halides is 2. The van der Waals surface area contributed by atoms with Crippen molar-refractivity contribution >= 4 is 11.7 Å². The number of carbonyl (C=O) groups excluding carboxylic acids is 2. The Morgan fingerprint density at radius 2 is 1.55 bits per heavy atom. The molecule has 0 aliphatic carbocycles. The number of carbonyl (C=O) groups is 2. The van der Waals surface area contributed by atoms with Gasteiger partial charge in [-0.15, -0.1) is 0 Å². The maximum Gasteiger partial charge on any atom is 0.267 e. The third-order valence-corrected chi connectivity index (χ3v) is 5.48. The summed E-state index contributed by atoms with van der Waals surface area (Å²) >= 11 is 0. The number of hydrogen-bond acceptors (Lipinski definition) is 4. The van der Waals surface area contributed by atoms with Crippen LogP contribution in [-0.4, -0.2) is 47.1 Å². The lowest BCUT2D eigenvalue weighted by Gasteiger charge is -2.40. The van der Waals surface area contributed by atoms with E-state index in [2.05, 4.69) is 17.2 Å². The van der Waals surface area contributed by atoms with E-state index in [4.69, 9.17) is 5.11 Å². The smallest absolute Gasteiger partial charge is 0.267 e. The minimum absolute atomic E-state index is 0.139. The largest absolute Gasteiger partial charge is 0.389 e. The van der Waals surface area contributed by atoms with Crippen molar-refractivity contribution < 1.29 is 28.6 Å². The number of benzene rings is 2. The molecule has 0 fully saturated rings. The second-order valence-corrected chi connectivity index (χ2v) is 7.56. The van der Waals surface area contributed by atoms with Crippen molar-refractivity contribution in [1.82, 2.24) is 5.32 Å². The summed E-state index contributed by atoms with van der Waals surface area (Å²) in [4.78, 5) is 24.4. The van der Waals surface area contributed by atoms with Crippen LogP contribution in [0.5, 0.6) is 0 Å². The normalized spacial score (nSPS) is 14.7. The van der Waals surface area contributed by atoms with Crippen LogP contribution in [0.25, 0.3) is 0 Å². The number of Topliss-reactive ketones (excluding diaryl/α,β-unsaturated/α-hetero) is 1. The van der Waals surface area contributed by atoms with Gasteiger partial charge >= 0.3 is 0 Å². The SMILES string of the molecule is CC(CCNC(=O)c1ccc(C#Cc2ccccc2)cc1)(C(=O)CO)C(C)(O)C(F)F. The lowest BCUT2D eigenvalue weighted by Crippen LogP contribution is -2.56. The Labute approximate surface area is 180 Å². The molecule has 0 aliphatic rings. The molecule has 0 saturated carbocycles. The van der Waals surface area contributed by atoms with Crippen molar-refractivity contribution in [2.75, 3.05) is 13.2 Å². The standard InChI is InChI=1S/C24H25F2NO4/c1-23(20(29)16-28,24(2,31)22(25)26)14-15-27-21(30)19-12-10-18(11-13-19)9-8-17-6-4-3-5-7-17/h3-7,10-13,22,28,31H,14-16H2,1-2H3,(H,27,30). The van der Waals surface area contributed by atoms with Crippen molar-refractivity contribution in [3.05, 3.63) is 71.3 Å². The Balaban J connectivity index is 2.02. The van der Waals surface area contributed by atoms with Gasteiger partial charge < -0.3 is 15.5 Å². The van der Waals surface area contributed by atoms with Gasteiger partial charge in [-0.2, -0.15) is 0 Å². The topological polar surface area (TPSA) is 86.6 Å². The zero-order chi connectivity index (χ0) is 23.1. The molecular weight excluding hydrogens is 404 g/mol. The summed E-state index contributed by atoms with van der Waals surface area (Å²) in [5, 5.41) is 21.8. The lowest BCUT2D eigenvalue weighted by molar-refractivity contribution is -0.176. The van der Waals surface area contributed by atoms with Crippen LogP contribution in [-0.2, 0) is 4.79 Å². The van der Waals surface area contributed by atoms with Gasteiger partial charge in [0.25, 0.3) is 12.3 Å². The lowest BCUT2D eigenvalue weighted by atomic mass is 9.69. The molecule has 0 aliphatic heterocycles. The molecular formula is C24H25F2NO4. The third kappa shape index (κ3) is 5.75. The number of amides is 1. The summed E-state index contributed by atoms with van der Waals surface area (Å²) in [5.74, 6) is 4.62. The van der Waals surface area contributed by atoms with E-state index in [1.54, 1.807) is 24.3 Å². The molecule has 2 aromatic rings. The molecule has 1 amide bonds. The van der Waals surface area contributed by atoms with Crippen LogP contribution in [0, 0.1) is 17.3 Å². The molecule has 0 heterocycles. The summed E-state index contributed by atoms with van der Waals surface area (Å²) in [6.45, 7) is 0.880. The minimum Gasteiger partial charge on any atom is -0.389 e. The number of rotatable bonds is 8. The zero-order valence-corrected chi connectivity index (χ0v) is 17.4. The Bertz CT molecular complexity index is 963. The van der Waals surface area contributed by atoms with Gasteiger partial charge in [0.2, 0.25) is 0 Å². The quantitative estimate of drug-likeness (QED) is 0.564. The second-order valence-electron chi connectivity index (χ2n) is 7.56. The highest BCUT2D eigenvalue weighted by atomic mass is 19.3. The fourth-order valence-electron chi connectivity index (χ4n) is 2.99. The number of nitrogens with one attached hydrogen (secondary N) is 1. The Morgan fingerprint density at radius 1 is 1.00 bits per heavy atom. The predicted molar refractivity (Wildman–Crippen MR) is 113 cm³/mol. The van der Waals surface area contributed by atoms with Crippen molar-refractivity contribution in [3.63, 3.8) is 0 Å². The van der Waals surface area contributed by atoms with Crippen molar-refractivity contribution in [3.8, 4) is 11.8 Å². The highest BCUT2D eigenvalue weighted by Crippen LogP contribution is 2.39. The first-order chi connectivity index (χ1) is 14.6. The van der Waals surface area contributed by atoms with E-state index in [0.717, 1.165) is 25.0 Å². The Kier molecular flexibility index (Phi) is 8.03. The molecule has 2 aromatic carbocycles. The average Bonchev–Trinajstić information content (AvgIpc) is 2.77. The van der Waals surface area contributed by atoms with Crippen LogP contribution in [0.15, 0.2) is 54.6 Å². The second kappa shape index (κ2) is 10.3. The predicted octanol–water partition coefficient (Wildman–Crippen LogP) is 2.79. The fourth-order valence-corrected chi connectivity index (χ4v) is 2.99. The van der Waals surface area contributed by atoms with Crippen LogP contribution in [0.3, 0.4) is 0 Å². The average molecular weight is 429 g/mol. The molecule has 0 bridgehead atoms. The molecule has 3 N–H and O–H groups in total. The van der Waals surface area contributed by atoms with Gasteiger partial charge in [0.05, 0.1) is 5.41 Å². The summed E-state index contributed by atoms with van der Waals surface area (Å²) in [6.07, 6.45) is -3.47. The van der Waals surface area contributed by atoms with E-state index in [1.165, 1.54) is 0 Å². The summed E-state index contributed by atoms with van der Waals surface area (Å²) in [5.41, 5.74) is -2.67. The molecule has 0 spiro atoms. The van der Waals surface area contributed by atoms with E-state index in [-0.39, 0.29) is 13.0 Å². The first-order valence-corrected chi connectivity index (χ1v) is 9.72. The fraction of sp³-hybridized carbons (Fsp3) is 0.333. The molecule has 31 heavy (non-hydrogen) atoms. The summed E-state index contributed by atoms with van der Waals surface area (Å²) < 4.78 is 26.6. The van der Waals surface area contributed by atoms with Gasteiger partial charge in [0.15, 0.2) is 5.78 Å². The number of ketones is 1. The van der Waals surface area contributed by atoms with Crippen molar-refractivity contribution in [2.45, 2.75) is 32.3 Å². The molecule has 2 unspecified atom stereocenters. The third-order valence-electron chi connectivity index (χ3n) is 5.48. The van der Waals surface area contributed by atoms with Crippen LogP contribution >= 0.6 is 0 Å². The van der Waals surface area contributed by atoms with Gasteiger partial charge in [-0.05, 0) is 56.7 Å². The number of aliphatic hydroxyl groups excluding tert-OH is 1. The molecule has 2 atom stereocenters. The number of aliphatic hydroxyl groups is 2. The van der Waals surface area contributed by atoms with Crippen LogP contribution in [0.2, 0.25) is 0 Å². The number of halogens is 2. The summed E-state index contributed by atoms with van der Waals surface area (Å²) in [7, 11) is 0. The first-order valence-electron chi connectivity index (χ1n) is 9.72. The molecule has 0 saturated heterocycles. The Hall–Kier alpha value is -3.08. The molecule has 0 aromatic heterocycles. The van der Waals surface area contributed by atoms with E-state index in [0.29, 0.717) is 5.56 Å². The van der Waals surface area contributed by atoms with E-state index < -0.39 is 35.7 Å². The van der Waals surface area contributed by atoms with Gasteiger partial charge in [0, 0.05) is 23.2 Å². The van der Waals surface area contributed by atoms with Gasteiger partial charge in [-0.1, -0.05) is 30.0 Å². The van der Waals surface area contributed by atoms with E-state index in [9.17, 15) is 23.5 Å². The monoisotopic (exact) mass is 429 g/mol. The van der Waals surface area contributed by atoms with E-state index in [1.807, 2.05) is 30.3 Å². The van der Waals surface area contributed by atoms with Gasteiger partial charge in [0.1, 0.15) is 12.2 Å². The maximum absolute atomic E-state index is 13.3. The van der Waals surface area contributed by atoms with Crippen molar-refractivity contribution in [1.29, 1.82) is 0 Å². The highest BCUT2D eigenvalue weighted by molar-refractivity contribution is 5.94. The van der Waals surface area contributed by atoms with Crippen LogP contribution < -0.4 is 5.32 Å². The van der Waals surface area contributed by atoms with Crippen LogP contribution in [0.4, 0.5) is 8.78 Å². The van der Waals surface area contributed by atoms with Crippen LogP contribution in [0.1, 0.15) is 41.8 Å². The van der Waals surface area contributed by atoms with E-state index >= 15 is 0 Å². The van der Waals surface area contributed by atoms with Gasteiger partial charge in [-0.25, -0.2) is 8.78 Å². The number of hydrogen-bond donors (Lipinski definition) is 3. The summed E-state index contributed by atoms with van der Waals surface area (Å²) in [6, 6.07) is 16.0. The highest BCUT2D eigenvalue weighted by Gasteiger charge is 2.53. The molecule has 7 heteroatoms.